The molecule has 2 aromatic carbocycles. The van der Waals surface area contributed by atoms with Crippen molar-refractivity contribution in [2.75, 3.05) is 11.9 Å². The summed E-state index contributed by atoms with van der Waals surface area (Å²) in [6.45, 7) is 5.74. The van der Waals surface area contributed by atoms with Gasteiger partial charge in [0.1, 0.15) is 5.75 Å². The van der Waals surface area contributed by atoms with Crippen molar-refractivity contribution in [1.29, 1.82) is 0 Å². The van der Waals surface area contributed by atoms with E-state index in [1.807, 2.05) is 6.92 Å². The number of hydrogen-bond donors (Lipinski definition) is 1. The first-order chi connectivity index (χ1) is 11.3. The second-order valence-corrected chi connectivity index (χ2v) is 8.03. The molecular formula is C18H21NO4S. The molecule has 0 saturated carbocycles. The van der Waals surface area contributed by atoms with Gasteiger partial charge in [-0.1, -0.05) is 0 Å². The average molecular weight is 347 g/mol. The summed E-state index contributed by atoms with van der Waals surface area (Å²) in [5.41, 5.74) is 1.04. The molecule has 0 spiro atoms. The van der Waals surface area contributed by atoms with Gasteiger partial charge in [0.25, 0.3) is 5.91 Å². The maximum absolute atomic E-state index is 12.2. The van der Waals surface area contributed by atoms with Gasteiger partial charge in [-0.2, -0.15) is 0 Å². The van der Waals surface area contributed by atoms with E-state index in [1.165, 1.54) is 24.3 Å². The highest BCUT2D eigenvalue weighted by atomic mass is 32.2. The summed E-state index contributed by atoms with van der Waals surface area (Å²) >= 11 is 0. The molecule has 0 saturated heterocycles. The highest BCUT2D eigenvalue weighted by Gasteiger charge is 2.19. The maximum Gasteiger partial charge on any atom is 0.255 e. The fraction of sp³-hybridized carbons (Fsp3) is 0.278. The van der Waals surface area contributed by atoms with E-state index in [9.17, 15) is 13.2 Å². The number of amides is 1. The number of carbonyl (C=O) groups excluding carboxylic acids is 1. The molecular weight excluding hydrogens is 326 g/mol. The molecule has 1 N–H and O–H groups in total. The van der Waals surface area contributed by atoms with Crippen LogP contribution in [-0.4, -0.2) is 26.2 Å². The molecule has 2 aromatic rings. The highest BCUT2D eigenvalue weighted by Crippen LogP contribution is 2.19. The van der Waals surface area contributed by atoms with Gasteiger partial charge in [0.2, 0.25) is 0 Å². The van der Waals surface area contributed by atoms with Gasteiger partial charge in [0.05, 0.1) is 16.8 Å². The van der Waals surface area contributed by atoms with Gasteiger partial charge in [-0.05, 0) is 69.3 Å². The van der Waals surface area contributed by atoms with Crippen LogP contribution in [0.5, 0.6) is 5.75 Å². The van der Waals surface area contributed by atoms with E-state index < -0.39 is 15.1 Å². The minimum atomic E-state index is -3.33. The smallest absolute Gasteiger partial charge is 0.255 e. The lowest BCUT2D eigenvalue weighted by molar-refractivity contribution is 0.102. The molecule has 0 radical (unpaired) electrons. The van der Waals surface area contributed by atoms with E-state index in [1.54, 1.807) is 38.1 Å². The van der Waals surface area contributed by atoms with Crippen molar-refractivity contribution < 1.29 is 17.9 Å². The van der Waals surface area contributed by atoms with Crippen LogP contribution in [-0.2, 0) is 9.84 Å². The third-order valence-corrected chi connectivity index (χ3v) is 5.66. The van der Waals surface area contributed by atoms with E-state index in [-0.39, 0.29) is 10.8 Å². The van der Waals surface area contributed by atoms with Crippen LogP contribution < -0.4 is 10.1 Å². The molecule has 2 rings (SSSR count). The predicted octanol–water partition coefficient (Wildman–Crippen LogP) is 3.52. The Kier molecular flexibility index (Phi) is 5.62. The van der Waals surface area contributed by atoms with Crippen LogP contribution in [0.2, 0.25) is 0 Å². The van der Waals surface area contributed by atoms with Crippen LogP contribution in [0.3, 0.4) is 0 Å². The number of ether oxygens (including phenoxy) is 1. The van der Waals surface area contributed by atoms with E-state index >= 15 is 0 Å². The number of carbonyl (C=O) groups is 1. The van der Waals surface area contributed by atoms with Gasteiger partial charge >= 0.3 is 0 Å². The Bertz CT molecular complexity index is 794. The van der Waals surface area contributed by atoms with Crippen molar-refractivity contribution in [3.05, 3.63) is 54.1 Å². The lowest BCUT2D eigenvalue weighted by Gasteiger charge is -2.09. The third kappa shape index (κ3) is 4.14. The first-order valence-corrected chi connectivity index (χ1v) is 9.27. The van der Waals surface area contributed by atoms with Gasteiger partial charge in [0.15, 0.2) is 9.84 Å². The summed E-state index contributed by atoms with van der Waals surface area (Å²) in [6, 6.07) is 13.0. The SMILES string of the molecule is CCOc1ccc(NC(=O)c2ccc(S(=O)(=O)C(C)C)cc2)cc1. The Morgan fingerprint density at radius 3 is 2.12 bits per heavy atom. The zero-order chi connectivity index (χ0) is 17.7. The summed E-state index contributed by atoms with van der Waals surface area (Å²) in [6.07, 6.45) is 0. The van der Waals surface area contributed by atoms with Gasteiger partial charge in [-0.15, -0.1) is 0 Å². The fourth-order valence-electron chi connectivity index (χ4n) is 2.07. The van der Waals surface area contributed by atoms with Crippen LogP contribution >= 0.6 is 0 Å². The van der Waals surface area contributed by atoms with E-state index in [2.05, 4.69) is 5.32 Å². The molecule has 24 heavy (non-hydrogen) atoms. The zero-order valence-corrected chi connectivity index (χ0v) is 14.8. The summed E-state index contributed by atoms with van der Waals surface area (Å²) in [5, 5.41) is 2.27. The summed E-state index contributed by atoms with van der Waals surface area (Å²) < 4.78 is 29.5. The van der Waals surface area contributed by atoms with Crippen LogP contribution in [0.15, 0.2) is 53.4 Å². The second kappa shape index (κ2) is 7.49. The average Bonchev–Trinajstić information content (AvgIpc) is 2.57. The Morgan fingerprint density at radius 2 is 1.62 bits per heavy atom. The summed E-state index contributed by atoms with van der Waals surface area (Å²) in [4.78, 5) is 12.4. The Balaban J connectivity index is 2.10. The minimum Gasteiger partial charge on any atom is -0.494 e. The van der Waals surface area contributed by atoms with Crippen molar-refractivity contribution in [1.82, 2.24) is 0 Å². The van der Waals surface area contributed by atoms with Gasteiger partial charge in [-0.3, -0.25) is 4.79 Å². The van der Waals surface area contributed by atoms with E-state index in [0.29, 0.717) is 17.9 Å². The largest absolute Gasteiger partial charge is 0.494 e. The predicted molar refractivity (Wildman–Crippen MR) is 94.3 cm³/mol. The molecule has 128 valence electrons. The lowest BCUT2D eigenvalue weighted by Crippen LogP contribution is -2.15. The Labute approximate surface area is 142 Å². The molecule has 6 heteroatoms. The molecule has 0 aliphatic heterocycles. The van der Waals surface area contributed by atoms with Gasteiger partial charge in [-0.25, -0.2) is 8.42 Å². The first-order valence-electron chi connectivity index (χ1n) is 7.72. The number of sulfone groups is 1. The van der Waals surface area contributed by atoms with Crippen molar-refractivity contribution in [2.45, 2.75) is 30.9 Å². The van der Waals surface area contributed by atoms with Crippen LogP contribution in [0.25, 0.3) is 0 Å². The normalized spacial score (nSPS) is 11.3. The topological polar surface area (TPSA) is 72.5 Å². The Morgan fingerprint density at radius 1 is 1.04 bits per heavy atom. The monoisotopic (exact) mass is 347 g/mol. The van der Waals surface area contributed by atoms with E-state index in [4.69, 9.17) is 4.74 Å². The molecule has 0 aliphatic carbocycles. The van der Waals surface area contributed by atoms with E-state index in [0.717, 1.165) is 5.75 Å². The molecule has 0 atom stereocenters. The molecule has 0 aromatic heterocycles. The number of hydrogen-bond acceptors (Lipinski definition) is 4. The lowest BCUT2D eigenvalue weighted by atomic mass is 10.2. The maximum atomic E-state index is 12.2. The molecule has 0 unspecified atom stereocenters. The van der Waals surface area contributed by atoms with Gasteiger partial charge < -0.3 is 10.1 Å². The van der Waals surface area contributed by atoms with Crippen molar-refractivity contribution in [3.63, 3.8) is 0 Å². The number of benzene rings is 2. The number of anilines is 1. The quantitative estimate of drug-likeness (QED) is 0.868. The van der Waals surface area contributed by atoms with Crippen molar-refractivity contribution in [2.24, 2.45) is 0 Å². The molecule has 5 nitrogen and oxygen atoms in total. The highest BCUT2D eigenvalue weighted by molar-refractivity contribution is 7.92. The summed E-state index contributed by atoms with van der Waals surface area (Å²) in [7, 11) is -3.33. The molecule has 0 heterocycles. The van der Waals surface area contributed by atoms with Crippen molar-refractivity contribution >= 4 is 21.4 Å². The molecule has 0 aliphatic rings. The van der Waals surface area contributed by atoms with Gasteiger partial charge in [0, 0.05) is 11.3 Å². The van der Waals surface area contributed by atoms with Crippen LogP contribution in [0.1, 0.15) is 31.1 Å². The third-order valence-electron chi connectivity index (χ3n) is 3.49. The minimum absolute atomic E-state index is 0.218. The first kappa shape index (κ1) is 18.0. The number of nitrogens with one attached hydrogen (secondary N) is 1. The molecule has 0 bridgehead atoms. The summed E-state index contributed by atoms with van der Waals surface area (Å²) in [5.74, 6) is 0.436. The van der Waals surface area contributed by atoms with Crippen LogP contribution in [0.4, 0.5) is 5.69 Å². The second-order valence-electron chi connectivity index (χ2n) is 5.53. The fourth-order valence-corrected chi connectivity index (χ4v) is 3.13. The number of rotatable bonds is 6. The molecule has 1 amide bonds. The Hall–Kier alpha value is -2.34. The standard InChI is InChI=1S/C18H21NO4S/c1-4-23-16-9-7-15(8-10-16)19-18(20)14-5-11-17(12-6-14)24(21,22)13(2)3/h5-13H,4H2,1-3H3,(H,19,20). The van der Waals surface area contributed by atoms with Crippen molar-refractivity contribution in [3.8, 4) is 5.75 Å². The molecule has 0 fully saturated rings. The van der Waals surface area contributed by atoms with Crippen LogP contribution in [0, 0.1) is 0 Å². The zero-order valence-electron chi connectivity index (χ0n) is 13.9.